The molecule has 0 radical (unpaired) electrons. The Morgan fingerprint density at radius 1 is 1.60 bits per heavy atom. The number of nitrogens with one attached hydrogen (secondary N) is 1. The summed E-state index contributed by atoms with van der Waals surface area (Å²) in [6, 6.07) is 2.33. The maximum Gasteiger partial charge on any atom is 0.137 e. The van der Waals surface area contributed by atoms with Crippen LogP contribution in [0, 0.1) is 0 Å². The van der Waals surface area contributed by atoms with Crippen LogP contribution in [0.4, 0.5) is 0 Å². The van der Waals surface area contributed by atoms with Gasteiger partial charge in [-0.25, -0.2) is 4.98 Å². The summed E-state index contributed by atoms with van der Waals surface area (Å²) in [5.74, 6) is 1.28. The molecule has 1 saturated carbocycles. The van der Waals surface area contributed by atoms with Crippen molar-refractivity contribution in [3.8, 4) is 5.75 Å². The highest BCUT2D eigenvalue weighted by Gasteiger charge is 2.36. The molecule has 0 aliphatic heterocycles. The van der Waals surface area contributed by atoms with Crippen LogP contribution in [-0.4, -0.2) is 23.1 Å². The van der Waals surface area contributed by atoms with Gasteiger partial charge in [0.25, 0.3) is 0 Å². The smallest absolute Gasteiger partial charge is 0.137 e. The van der Waals surface area contributed by atoms with Gasteiger partial charge in [-0.1, -0.05) is 0 Å². The Labute approximate surface area is 87.4 Å². The molecule has 2 aromatic heterocycles. The van der Waals surface area contributed by atoms with E-state index in [9.17, 15) is 0 Å². The Balaban J connectivity index is 2.14. The monoisotopic (exact) mass is 203 g/mol. The summed E-state index contributed by atoms with van der Waals surface area (Å²) < 4.78 is 5.17. The third-order valence-corrected chi connectivity index (χ3v) is 3.01. The van der Waals surface area contributed by atoms with Gasteiger partial charge in [-0.3, -0.25) is 0 Å². The van der Waals surface area contributed by atoms with Gasteiger partial charge in [0.2, 0.25) is 0 Å². The van der Waals surface area contributed by atoms with E-state index >= 15 is 0 Å². The quantitative estimate of drug-likeness (QED) is 0.775. The summed E-state index contributed by atoms with van der Waals surface area (Å²) in [6.07, 6.45) is 4.80. The zero-order valence-electron chi connectivity index (χ0n) is 8.53. The summed E-state index contributed by atoms with van der Waals surface area (Å²) in [5, 5.41) is 1.13. The van der Waals surface area contributed by atoms with Crippen LogP contribution >= 0.6 is 0 Å². The van der Waals surface area contributed by atoms with Crippen LogP contribution in [0.3, 0.4) is 0 Å². The fourth-order valence-corrected chi connectivity index (χ4v) is 2.00. The molecule has 2 aromatic rings. The van der Waals surface area contributed by atoms with E-state index in [-0.39, 0.29) is 0 Å². The van der Waals surface area contributed by atoms with Gasteiger partial charge in [0, 0.05) is 23.5 Å². The van der Waals surface area contributed by atoms with Crippen molar-refractivity contribution in [3.05, 3.63) is 24.0 Å². The number of hydrogen-bond acceptors (Lipinski definition) is 3. The lowest BCUT2D eigenvalue weighted by Crippen LogP contribution is -2.00. The largest absolute Gasteiger partial charge is 0.495 e. The number of aromatic amines is 1. The van der Waals surface area contributed by atoms with E-state index in [1.54, 1.807) is 13.3 Å². The molecule has 3 N–H and O–H groups in total. The van der Waals surface area contributed by atoms with Crippen molar-refractivity contribution >= 4 is 11.0 Å². The van der Waals surface area contributed by atoms with Crippen molar-refractivity contribution in [3.63, 3.8) is 0 Å². The second-order valence-electron chi connectivity index (χ2n) is 4.02. The van der Waals surface area contributed by atoms with E-state index in [0.29, 0.717) is 12.0 Å². The molecule has 2 atom stereocenters. The number of methoxy groups -OCH3 is 1. The molecule has 1 aliphatic rings. The normalized spacial score (nSPS) is 24.4. The summed E-state index contributed by atoms with van der Waals surface area (Å²) in [6.45, 7) is 0. The van der Waals surface area contributed by atoms with Crippen molar-refractivity contribution in [2.24, 2.45) is 5.73 Å². The predicted molar refractivity (Wildman–Crippen MR) is 58.0 cm³/mol. The first kappa shape index (κ1) is 8.73. The summed E-state index contributed by atoms with van der Waals surface area (Å²) in [7, 11) is 1.65. The highest BCUT2D eigenvalue weighted by molar-refractivity contribution is 5.82. The van der Waals surface area contributed by atoms with Crippen molar-refractivity contribution in [2.75, 3.05) is 7.11 Å². The lowest BCUT2D eigenvalue weighted by atomic mass is 10.1. The van der Waals surface area contributed by atoms with Crippen LogP contribution in [0.15, 0.2) is 18.5 Å². The number of hydrogen-bond donors (Lipinski definition) is 2. The minimum Gasteiger partial charge on any atom is -0.495 e. The zero-order chi connectivity index (χ0) is 10.4. The van der Waals surface area contributed by atoms with E-state index in [4.69, 9.17) is 10.5 Å². The maximum absolute atomic E-state index is 5.85. The molecule has 2 unspecified atom stereocenters. The van der Waals surface area contributed by atoms with Gasteiger partial charge in [0.05, 0.1) is 13.3 Å². The zero-order valence-corrected chi connectivity index (χ0v) is 8.53. The van der Waals surface area contributed by atoms with Crippen LogP contribution in [-0.2, 0) is 0 Å². The van der Waals surface area contributed by atoms with Crippen LogP contribution in [0.25, 0.3) is 11.0 Å². The first-order valence-corrected chi connectivity index (χ1v) is 5.06. The van der Waals surface area contributed by atoms with E-state index < -0.39 is 0 Å². The van der Waals surface area contributed by atoms with Crippen molar-refractivity contribution in [1.29, 1.82) is 0 Å². The topological polar surface area (TPSA) is 63.9 Å². The number of ether oxygens (including phenoxy) is 1. The number of pyridine rings is 1. The predicted octanol–water partition coefficient (Wildman–Crippen LogP) is 1.39. The third kappa shape index (κ3) is 1.29. The lowest BCUT2D eigenvalue weighted by molar-refractivity contribution is 0.413. The molecule has 78 valence electrons. The fourth-order valence-electron chi connectivity index (χ4n) is 2.00. The van der Waals surface area contributed by atoms with Gasteiger partial charge in [-0.15, -0.1) is 0 Å². The standard InChI is InChI=1S/C11H13N3O/c1-15-6-2-8-9(7-3-10(7)12)5-14-11(8)13-4-6/h2,4-5,7,10H,3,12H2,1H3,(H,13,14). The average molecular weight is 203 g/mol. The fraction of sp³-hybridized carbons (Fsp3) is 0.364. The van der Waals surface area contributed by atoms with Crippen molar-refractivity contribution < 1.29 is 4.74 Å². The van der Waals surface area contributed by atoms with Gasteiger partial charge in [0.15, 0.2) is 0 Å². The minimum absolute atomic E-state index is 0.315. The number of nitrogens with two attached hydrogens (primary N) is 1. The van der Waals surface area contributed by atoms with Crippen LogP contribution in [0.2, 0.25) is 0 Å². The molecule has 0 bridgehead atoms. The molecular formula is C11H13N3O. The summed E-state index contributed by atoms with van der Waals surface area (Å²) in [4.78, 5) is 7.45. The number of H-pyrrole nitrogens is 1. The molecule has 0 saturated heterocycles. The molecule has 3 rings (SSSR count). The maximum atomic E-state index is 5.85. The van der Waals surface area contributed by atoms with Gasteiger partial charge in [-0.2, -0.15) is 0 Å². The third-order valence-electron chi connectivity index (χ3n) is 3.01. The Kier molecular flexibility index (Phi) is 1.73. The Morgan fingerprint density at radius 3 is 3.07 bits per heavy atom. The molecule has 0 aromatic carbocycles. The highest BCUT2D eigenvalue weighted by Crippen LogP contribution is 2.42. The minimum atomic E-state index is 0.315. The first-order chi connectivity index (χ1) is 7.29. The molecule has 1 aliphatic carbocycles. The Hall–Kier alpha value is -1.55. The molecule has 0 spiro atoms. The van der Waals surface area contributed by atoms with E-state index in [1.807, 2.05) is 12.3 Å². The number of nitrogens with zero attached hydrogens (tertiary/aromatic N) is 1. The SMILES string of the molecule is COc1cnc2[nH]cc(C3CC3N)c2c1. The molecule has 15 heavy (non-hydrogen) atoms. The van der Waals surface area contributed by atoms with E-state index in [1.165, 1.54) is 5.56 Å². The number of fused-ring (bicyclic) bond motifs is 1. The van der Waals surface area contributed by atoms with E-state index in [0.717, 1.165) is 23.2 Å². The second-order valence-corrected chi connectivity index (χ2v) is 4.02. The molecular weight excluding hydrogens is 190 g/mol. The van der Waals surface area contributed by atoms with Crippen molar-refractivity contribution in [1.82, 2.24) is 9.97 Å². The lowest BCUT2D eigenvalue weighted by Gasteiger charge is -2.00. The summed E-state index contributed by atoms with van der Waals surface area (Å²) in [5.41, 5.74) is 8.03. The highest BCUT2D eigenvalue weighted by atomic mass is 16.5. The second kappa shape index (κ2) is 2.97. The van der Waals surface area contributed by atoms with Gasteiger partial charge in [-0.05, 0) is 18.1 Å². The van der Waals surface area contributed by atoms with Crippen LogP contribution in [0.1, 0.15) is 17.9 Å². The number of aromatic nitrogens is 2. The summed E-state index contributed by atoms with van der Waals surface area (Å²) >= 11 is 0. The van der Waals surface area contributed by atoms with Gasteiger partial charge in [0.1, 0.15) is 11.4 Å². The Morgan fingerprint density at radius 2 is 2.40 bits per heavy atom. The Bertz CT molecular complexity index is 506. The van der Waals surface area contributed by atoms with E-state index in [2.05, 4.69) is 9.97 Å². The average Bonchev–Trinajstić information content (AvgIpc) is 2.84. The van der Waals surface area contributed by atoms with Gasteiger partial charge >= 0.3 is 0 Å². The van der Waals surface area contributed by atoms with Crippen LogP contribution in [0.5, 0.6) is 5.75 Å². The number of rotatable bonds is 2. The molecule has 0 amide bonds. The van der Waals surface area contributed by atoms with Gasteiger partial charge < -0.3 is 15.5 Å². The first-order valence-electron chi connectivity index (χ1n) is 5.06. The van der Waals surface area contributed by atoms with Crippen molar-refractivity contribution in [2.45, 2.75) is 18.4 Å². The molecule has 1 fully saturated rings. The molecule has 2 heterocycles. The molecule has 4 nitrogen and oxygen atoms in total. The van der Waals surface area contributed by atoms with Crippen LogP contribution < -0.4 is 10.5 Å². The molecule has 4 heteroatoms.